The lowest BCUT2D eigenvalue weighted by molar-refractivity contribution is -0.119. The number of amides is 2. The van der Waals surface area contributed by atoms with Gasteiger partial charge in [-0.2, -0.15) is 0 Å². The SMILES string of the molecule is CCC[C@H]1CN(c2ncc(Cl)cn2)C(=O)N1CC(=O)Cc1ccc(Cl)c(C)n1. The zero-order valence-corrected chi connectivity index (χ0v) is 17.2. The Morgan fingerprint density at radius 3 is 2.61 bits per heavy atom. The Morgan fingerprint density at radius 1 is 1.25 bits per heavy atom. The number of ketones is 1. The van der Waals surface area contributed by atoms with Crippen LogP contribution in [0, 0.1) is 6.92 Å². The summed E-state index contributed by atoms with van der Waals surface area (Å²) in [4.78, 5) is 41.2. The summed E-state index contributed by atoms with van der Waals surface area (Å²) < 4.78 is 0. The van der Waals surface area contributed by atoms with Crippen LogP contribution < -0.4 is 4.90 Å². The summed E-state index contributed by atoms with van der Waals surface area (Å²) in [7, 11) is 0. The predicted octanol–water partition coefficient (Wildman–Crippen LogP) is 3.71. The van der Waals surface area contributed by atoms with E-state index < -0.39 is 0 Å². The van der Waals surface area contributed by atoms with Crippen LogP contribution in [0.15, 0.2) is 24.5 Å². The van der Waals surface area contributed by atoms with Gasteiger partial charge in [0.1, 0.15) is 0 Å². The van der Waals surface area contributed by atoms with Gasteiger partial charge in [0, 0.05) is 5.69 Å². The standard InChI is InChI=1S/C19H21Cl2N5O2/c1-3-4-15-10-26(18-22-8-13(20)9-23-18)19(28)25(15)11-16(27)7-14-5-6-17(21)12(2)24-14/h5-6,8-9,15H,3-4,7,10-11H2,1-2H3/t15-/m0/s1. The van der Waals surface area contributed by atoms with E-state index in [4.69, 9.17) is 23.2 Å². The van der Waals surface area contributed by atoms with Crippen LogP contribution in [0.3, 0.4) is 0 Å². The maximum absolute atomic E-state index is 12.9. The zero-order chi connectivity index (χ0) is 20.3. The number of nitrogens with zero attached hydrogens (tertiary/aromatic N) is 5. The molecule has 1 atom stereocenters. The van der Waals surface area contributed by atoms with E-state index >= 15 is 0 Å². The van der Waals surface area contributed by atoms with Crippen molar-refractivity contribution in [1.82, 2.24) is 19.9 Å². The smallest absolute Gasteiger partial charge is 0.312 e. The average molecular weight is 422 g/mol. The number of aryl methyl sites for hydroxylation is 1. The highest BCUT2D eigenvalue weighted by molar-refractivity contribution is 6.31. The zero-order valence-electron chi connectivity index (χ0n) is 15.7. The highest BCUT2D eigenvalue weighted by Gasteiger charge is 2.39. The number of urea groups is 1. The Labute approximate surface area is 173 Å². The molecule has 3 heterocycles. The van der Waals surface area contributed by atoms with E-state index in [1.165, 1.54) is 17.3 Å². The van der Waals surface area contributed by atoms with Crippen LogP contribution in [0.1, 0.15) is 31.2 Å². The number of hydrogen-bond donors (Lipinski definition) is 0. The van der Waals surface area contributed by atoms with Crippen LogP contribution in [0.4, 0.5) is 10.7 Å². The van der Waals surface area contributed by atoms with Crippen molar-refractivity contribution in [3.8, 4) is 0 Å². The largest absolute Gasteiger partial charge is 0.327 e. The van der Waals surface area contributed by atoms with Crippen molar-refractivity contribution in [3.05, 3.63) is 46.0 Å². The van der Waals surface area contributed by atoms with Gasteiger partial charge >= 0.3 is 6.03 Å². The molecule has 2 aromatic heterocycles. The van der Waals surface area contributed by atoms with Gasteiger partial charge in [0.2, 0.25) is 5.95 Å². The molecule has 1 aliphatic rings. The molecule has 1 saturated heterocycles. The van der Waals surface area contributed by atoms with Gasteiger partial charge in [-0.05, 0) is 25.5 Å². The molecule has 28 heavy (non-hydrogen) atoms. The predicted molar refractivity (Wildman–Crippen MR) is 108 cm³/mol. The Kier molecular flexibility index (Phi) is 6.46. The van der Waals surface area contributed by atoms with E-state index in [1.807, 2.05) is 6.92 Å². The highest BCUT2D eigenvalue weighted by atomic mass is 35.5. The van der Waals surface area contributed by atoms with Gasteiger partial charge in [0.05, 0.1) is 53.7 Å². The molecule has 0 N–H and O–H groups in total. The molecule has 7 nitrogen and oxygen atoms in total. The van der Waals surface area contributed by atoms with E-state index in [2.05, 4.69) is 15.0 Å². The van der Waals surface area contributed by atoms with Gasteiger partial charge in [-0.1, -0.05) is 36.5 Å². The summed E-state index contributed by atoms with van der Waals surface area (Å²) >= 11 is 11.8. The number of pyridine rings is 1. The minimum Gasteiger partial charge on any atom is -0.312 e. The van der Waals surface area contributed by atoms with E-state index in [9.17, 15) is 9.59 Å². The molecule has 148 valence electrons. The second-order valence-corrected chi connectivity index (χ2v) is 7.59. The molecule has 0 aromatic carbocycles. The summed E-state index contributed by atoms with van der Waals surface area (Å²) in [5, 5.41) is 0.964. The summed E-state index contributed by atoms with van der Waals surface area (Å²) in [5.74, 6) is 0.211. The maximum atomic E-state index is 12.9. The van der Waals surface area contributed by atoms with Gasteiger partial charge in [-0.25, -0.2) is 14.8 Å². The highest BCUT2D eigenvalue weighted by Crippen LogP contribution is 2.24. The minimum absolute atomic E-state index is 0.0247. The fraction of sp³-hybridized carbons (Fsp3) is 0.421. The number of carbonyl (C=O) groups is 2. The second-order valence-electron chi connectivity index (χ2n) is 6.75. The van der Waals surface area contributed by atoms with E-state index in [1.54, 1.807) is 24.0 Å². The first-order valence-corrected chi connectivity index (χ1v) is 9.84. The quantitative estimate of drug-likeness (QED) is 0.680. The monoisotopic (exact) mass is 421 g/mol. The molecule has 2 aromatic rings. The molecule has 2 amide bonds. The number of Topliss-reactive ketones (excluding diaryl/α,β-unsaturated/α-hetero) is 1. The normalized spacial score (nSPS) is 16.7. The fourth-order valence-corrected chi connectivity index (χ4v) is 3.43. The fourth-order valence-electron chi connectivity index (χ4n) is 3.23. The van der Waals surface area contributed by atoms with Crippen molar-refractivity contribution < 1.29 is 9.59 Å². The first kappa shape index (κ1) is 20.5. The van der Waals surface area contributed by atoms with Crippen molar-refractivity contribution >= 4 is 41.0 Å². The topological polar surface area (TPSA) is 79.3 Å². The lowest BCUT2D eigenvalue weighted by Gasteiger charge is -2.22. The molecule has 1 fully saturated rings. The molecule has 3 rings (SSSR count). The first-order valence-electron chi connectivity index (χ1n) is 9.08. The molecule has 0 bridgehead atoms. The van der Waals surface area contributed by atoms with Crippen molar-refractivity contribution in [3.63, 3.8) is 0 Å². The molecule has 0 aliphatic carbocycles. The Bertz CT molecular complexity index is 875. The van der Waals surface area contributed by atoms with Crippen molar-refractivity contribution in [2.45, 2.75) is 39.2 Å². The Morgan fingerprint density at radius 2 is 1.96 bits per heavy atom. The second kappa shape index (κ2) is 8.84. The number of aromatic nitrogens is 3. The molecule has 0 unspecified atom stereocenters. The minimum atomic E-state index is -0.269. The van der Waals surface area contributed by atoms with Crippen molar-refractivity contribution in [2.24, 2.45) is 0 Å². The number of carbonyl (C=O) groups excluding carboxylic acids is 2. The maximum Gasteiger partial charge on any atom is 0.327 e. The molecular weight excluding hydrogens is 401 g/mol. The number of hydrogen-bond acceptors (Lipinski definition) is 5. The third kappa shape index (κ3) is 4.59. The summed E-state index contributed by atoms with van der Waals surface area (Å²) in [5.41, 5.74) is 1.32. The Hall–Kier alpha value is -2.25. The van der Waals surface area contributed by atoms with Crippen LogP contribution in [0.2, 0.25) is 10.0 Å². The number of anilines is 1. The van der Waals surface area contributed by atoms with Gasteiger partial charge in [-0.3, -0.25) is 14.7 Å². The van der Waals surface area contributed by atoms with Crippen LogP contribution in [-0.4, -0.2) is 50.8 Å². The molecule has 0 spiro atoms. The van der Waals surface area contributed by atoms with Crippen molar-refractivity contribution in [1.29, 1.82) is 0 Å². The van der Waals surface area contributed by atoms with E-state index in [-0.39, 0.29) is 30.8 Å². The Balaban J connectivity index is 1.72. The van der Waals surface area contributed by atoms with Crippen molar-refractivity contribution in [2.75, 3.05) is 18.0 Å². The average Bonchev–Trinajstić information content (AvgIpc) is 2.95. The van der Waals surface area contributed by atoms with Crippen LogP contribution >= 0.6 is 23.2 Å². The third-order valence-electron chi connectivity index (χ3n) is 4.58. The van der Waals surface area contributed by atoms with Gasteiger partial charge in [0.15, 0.2) is 5.78 Å². The van der Waals surface area contributed by atoms with Gasteiger partial charge in [-0.15, -0.1) is 0 Å². The van der Waals surface area contributed by atoms with E-state index in [0.29, 0.717) is 33.9 Å². The third-order valence-corrected chi connectivity index (χ3v) is 5.18. The number of halogens is 2. The summed E-state index contributed by atoms with van der Waals surface area (Å²) in [6, 6.07) is 3.12. The van der Waals surface area contributed by atoms with Crippen LogP contribution in [0.5, 0.6) is 0 Å². The molecule has 0 radical (unpaired) electrons. The summed E-state index contributed by atoms with van der Waals surface area (Å²) in [6.07, 6.45) is 4.75. The summed E-state index contributed by atoms with van der Waals surface area (Å²) in [6.45, 7) is 4.31. The lowest BCUT2D eigenvalue weighted by Crippen LogP contribution is -2.39. The van der Waals surface area contributed by atoms with E-state index in [0.717, 1.165) is 12.8 Å². The first-order chi connectivity index (χ1) is 13.4. The lowest BCUT2D eigenvalue weighted by atomic mass is 10.1. The molecule has 1 aliphatic heterocycles. The van der Waals surface area contributed by atoms with Crippen LogP contribution in [-0.2, 0) is 11.2 Å². The molecular formula is C19H21Cl2N5O2. The van der Waals surface area contributed by atoms with Crippen LogP contribution in [0.25, 0.3) is 0 Å². The molecule has 9 heteroatoms. The van der Waals surface area contributed by atoms with Gasteiger partial charge in [0.25, 0.3) is 0 Å². The number of rotatable bonds is 7. The molecule has 0 saturated carbocycles. The van der Waals surface area contributed by atoms with Gasteiger partial charge < -0.3 is 4.90 Å².